The number of benzene rings is 1. The molecular weight excluding hydrogens is 312 g/mol. The molecule has 0 saturated carbocycles. The van der Waals surface area contributed by atoms with Crippen LogP contribution < -0.4 is 4.74 Å². The van der Waals surface area contributed by atoms with Gasteiger partial charge in [-0.1, -0.05) is 11.6 Å². The highest BCUT2D eigenvalue weighted by molar-refractivity contribution is 7.11. The Morgan fingerprint density at radius 1 is 1.38 bits per heavy atom. The first-order valence-electron chi connectivity index (χ1n) is 5.99. The van der Waals surface area contributed by atoms with Crippen molar-refractivity contribution < 1.29 is 14.3 Å². The summed E-state index contributed by atoms with van der Waals surface area (Å²) in [6, 6.07) is 5.07. The van der Waals surface area contributed by atoms with Crippen LogP contribution in [0.15, 0.2) is 29.9 Å². The molecule has 2 aromatic heterocycles. The van der Waals surface area contributed by atoms with E-state index in [1.165, 1.54) is 24.5 Å². The zero-order valence-corrected chi connectivity index (χ0v) is 12.4. The number of carbonyl (C=O) groups excluding carboxylic acids is 2. The monoisotopic (exact) mass is 320 g/mol. The Hall–Kier alpha value is -2.18. The topological polar surface area (TPSA) is 72.1 Å². The molecular formula is C14H9ClN2O3S. The highest BCUT2D eigenvalue weighted by Gasteiger charge is 2.22. The van der Waals surface area contributed by atoms with E-state index in [9.17, 15) is 9.59 Å². The molecule has 0 saturated heterocycles. The fraction of sp³-hybridized carbons (Fsp3) is 0.0714. The molecule has 1 N–H and O–H groups in total. The van der Waals surface area contributed by atoms with Crippen LogP contribution in [0.1, 0.15) is 22.3 Å². The number of thiazole rings is 1. The van der Waals surface area contributed by atoms with Crippen LogP contribution in [-0.2, 0) is 4.79 Å². The van der Waals surface area contributed by atoms with Gasteiger partial charge in [0.2, 0.25) is 5.78 Å². The molecule has 106 valence electrons. The van der Waals surface area contributed by atoms with E-state index in [1.807, 2.05) is 0 Å². The van der Waals surface area contributed by atoms with Crippen molar-refractivity contribution in [3.05, 3.63) is 45.5 Å². The predicted molar refractivity (Wildman–Crippen MR) is 80.2 cm³/mol. The molecule has 0 aliphatic carbocycles. The van der Waals surface area contributed by atoms with E-state index in [2.05, 4.69) is 9.97 Å². The molecule has 0 aliphatic rings. The van der Waals surface area contributed by atoms with E-state index in [0.29, 0.717) is 20.8 Å². The van der Waals surface area contributed by atoms with Gasteiger partial charge in [-0.3, -0.25) is 14.6 Å². The number of aromatic nitrogens is 2. The molecule has 3 rings (SSSR count). The molecule has 0 unspecified atom stereocenters. The SMILES string of the molecule is CC(=O)Oc1c(C(=O)c2cncs2)[nH]c2ccc(Cl)cc12. The summed E-state index contributed by atoms with van der Waals surface area (Å²) >= 11 is 7.19. The van der Waals surface area contributed by atoms with Gasteiger partial charge in [0.1, 0.15) is 5.69 Å². The van der Waals surface area contributed by atoms with Gasteiger partial charge in [0.25, 0.3) is 0 Å². The summed E-state index contributed by atoms with van der Waals surface area (Å²) in [6.45, 7) is 1.28. The highest BCUT2D eigenvalue weighted by atomic mass is 35.5. The lowest BCUT2D eigenvalue weighted by Gasteiger charge is -2.02. The molecule has 7 heteroatoms. The Bertz CT molecular complexity index is 839. The number of aromatic amines is 1. The fourth-order valence-electron chi connectivity index (χ4n) is 2.00. The van der Waals surface area contributed by atoms with E-state index in [-0.39, 0.29) is 17.2 Å². The van der Waals surface area contributed by atoms with Crippen LogP contribution in [0.4, 0.5) is 0 Å². The molecule has 2 heterocycles. The van der Waals surface area contributed by atoms with Gasteiger partial charge in [-0.2, -0.15) is 0 Å². The lowest BCUT2D eigenvalue weighted by molar-refractivity contribution is -0.131. The largest absolute Gasteiger partial charge is 0.424 e. The third kappa shape index (κ3) is 2.55. The standard InChI is InChI=1S/C14H9ClN2O3S/c1-7(18)20-14-9-4-8(15)2-3-10(9)17-12(14)13(19)11-5-16-6-21-11/h2-6,17H,1H3. The molecule has 0 atom stereocenters. The highest BCUT2D eigenvalue weighted by Crippen LogP contribution is 2.34. The van der Waals surface area contributed by atoms with Gasteiger partial charge in [0.05, 0.1) is 10.4 Å². The molecule has 3 aromatic rings. The van der Waals surface area contributed by atoms with Crippen molar-refractivity contribution in [1.29, 1.82) is 0 Å². The number of hydrogen-bond acceptors (Lipinski definition) is 5. The van der Waals surface area contributed by atoms with Crippen LogP contribution >= 0.6 is 22.9 Å². The molecule has 0 fully saturated rings. The predicted octanol–water partition coefficient (Wildman–Crippen LogP) is 3.43. The van der Waals surface area contributed by atoms with Crippen molar-refractivity contribution in [3.8, 4) is 5.75 Å². The van der Waals surface area contributed by atoms with Crippen molar-refractivity contribution in [1.82, 2.24) is 9.97 Å². The zero-order valence-electron chi connectivity index (χ0n) is 10.8. The third-order valence-electron chi connectivity index (χ3n) is 2.84. The first-order chi connectivity index (χ1) is 10.1. The molecule has 0 radical (unpaired) electrons. The molecule has 21 heavy (non-hydrogen) atoms. The van der Waals surface area contributed by atoms with Gasteiger partial charge in [0, 0.05) is 29.0 Å². The first-order valence-corrected chi connectivity index (χ1v) is 7.25. The summed E-state index contributed by atoms with van der Waals surface area (Å²) in [7, 11) is 0. The van der Waals surface area contributed by atoms with Crippen molar-refractivity contribution in [2.24, 2.45) is 0 Å². The fourth-order valence-corrected chi connectivity index (χ4v) is 2.74. The van der Waals surface area contributed by atoms with E-state index in [1.54, 1.807) is 23.7 Å². The van der Waals surface area contributed by atoms with Gasteiger partial charge >= 0.3 is 5.97 Å². The number of esters is 1. The average Bonchev–Trinajstić information content (AvgIpc) is 3.06. The van der Waals surface area contributed by atoms with Gasteiger partial charge < -0.3 is 9.72 Å². The lowest BCUT2D eigenvalue weighted by Crippen LogP contribution is -2.07. The number of nitrogens with one attached hydrogen (secondary N) is 1. The minimum atomic E-state index is -0.505. The summed E-state index contributed by atoms with van der Waals surface area (Å²) in [5, 5.41) is 1.08. The van der Waals surface area contributed by atoms with E-state index < -0.39 is 5.97 Å². The van der Waals surface area contributed by atoms with Crippen molar-refractivity contribution in [2.75, 3.05) is 0 Å². The van der Waals surface area contributed by atoms with Crippen LogP contribution in [0.25, 0.3) is 10.9 Å². The smallest absolute Gasteiger partial charge is 0.308 e. The Labute approximate surface area is 128 Å². The number of hydrogen-bond donors (Lipinski definition) is 1. The average molecular weight is 321 g/mol. The lowest BCUT2D eigenvalue weighted by atomic mass is 10.2. The van der Waals surface area contributed by atoms with Crippen LogP contribution in [-0.4, -0.2) is 21.7 Å². The van der Waals surface area contributed by atoms with E-state index in [4.69, 9.17) is 16.3 Å². The summed E-state index contributed by atoms with van der Waals surface area (Å²) in [6.07, 6.45) is 1.48. The van der Waals surface area contributed by atoms with Crippen LogP contribution in [0.3, 0.4) is 0 Å². The Morgan fingerprint density at radius 2 is 2.19 bits per heavy atom. The van der Waals surface area contributed by atoms with Crippen LogP contribution in [0.2, 0.25) is 5.02 Å². The maximum Gasteiger partial charge on any atom is 0.308 e. The normalized spacial score (nSPS) is 10.8. The summed E-state index contributed by atoms with van der Waals surface area (Å²) < 4.78 is 5.21. The van der Waals surface area contributed by atoms with Gasteiger partial charge in [0.15, 0.2) is 5.75 Å². The second-order valence-electron chi connectivity index (χ2n) is 4.31. The minimum Gasteiger partial charge on any atom is -0.424 e. The number of rotatable bonds is 3. The molecule has 0 bridgehead atoms. The number of ketones is 1. The number of halogens is 1. The van der Waals surface area contributed by atoms with E-state index >= 15 is 0 Å². The number of nitrogens with zero attached hydrogens (tertiary/aromatic N) is 1. The van der Waals surface area contributed by atoms with E-state index in [0.717, 1.165) is 0 Å². The van der Waals surface area contributed by atoms with Crippen LogP contribution in [0, 0.1) is 0 Å². The number of ether oxygens (including phenoxy) is 1. The first kappa shape index (κ1) is 13.8. The minimum absolute atomic E-state index is 0.193. The quantitative estimate of drug-likeness (QED) is 0.592. The van der Waals surface area contributed by atoms with Crippen molar-refractivity contribution in [2.45, 2.75) is 6.92 Å². The molecule has 0 spiro atoms. The molecule has 0 aliphatic heterocycles. The summed E-state index contributed by atoms with van der Waals surface area (Å²) in [5.41, 5.74) is 2.45. The summed E-state index contributed by atoms with van der Waals surface area (Å²) in [4.78, 5) is 31.1. The molecule has 5 nitrogen and oxygen atoms in total. The van der Waals surface area contributed by atoms with Crippen molar-refractivity contribution in [3.63, 3.8) is 0 Å². The number of carbonyl (C=O) groups is 2. The number of H-pyrrole nitrogens is 1. The Morgan fingerprint density at radius 3 is 2.86 bits per heavy atom. The van der Waals surface area contributed by atoms with Gasteiger partial charge in [-0.05, 0) is 18.2 Å². The zero-order chi connectivity index (χ0) is 15.0. The second kappa shape index (κ2) is 5.31. The maximum absolute atomic E-state index is 12.5. The molecule has 0 amide bonds. The van der Waals surface area contributed by atoms with Gasteiger partial charge in [-0.15, -0.1) is 11.3 Å². The Balaban J connectivity index is 2.21. The number of fused-ring (bicyclic) bond motifs is 1. The van der Waals surface area contributed by atoms with Crippen LogP contribution in [0.5, 0.6) is 5.75 Å². The summed E-state index contributed by atoms with van der Waals surface area (Å²) in [5.74, 6) is -0.589. The molecule has 1 aromatic carbocycles. The second-order valence-corrected chi connectivity index (χ2v) is 5.63. The van der Waals surface area contributed by atoms with Crippen molar-refractivity contribution >= 4 is 45.6 Å². The Kier molecular flexibility index (Phi) is 3.48. The third-order valence-corrected chi connectivity index (χ3v) is 3.85. The maximum atomic E-state index is 12.5. The van der Waals surface area contributed by atoms with Gasteiger partial charge in [-0.25, -0.2) is 0 Å².